The van der Waals surface area contributed by atoms with Gasteiger partial charge in [0, 0.05) is 10.4 Å². The third-order valence-corrected chi connectivity index (χ3v) is 6.10. The molecule has 1 saturated heterocycles. The fraction of sp³-hybridized carbons (Fsp3) is 0.478. The largest absolute Gasteiger partial charge is 0.494 e. The summed E-state index contributed by atoms with van der Waals surface area (Å²) in [5.74, 6) is 0.790. The van der Waals surface area contributed by atoms with Crippen LogP contribution in [0.15, 0.2) is 42.5 Å². The van der Waals surface area contributed by atoms with Crippen molar-refractivity contribution in [1.29, 1.82) is 0 Å². The maximum Gasteiger partial charge on any atom is 0.119 e. The number of aliphatic hydroxyl groups excluding tert-OH is 4. The zero-order chi connectivity index (χ0) is 22.1. The molecule has 0 amide bonds. The van der Waals surface area contributed by atoms with Crippen molar-refractivity contribution in [3.05, 3.63) is 64.2 Å². The summed E-state index contributed by atoms with van der Waals surface area (Å²) in [6, 6.07) is 13.1. The predicted octanol–water partition coefficient (Wildman–Crippen LogP) is 2.58. The van der Waals surface area contributed by atoms with Crippen molar-refractivity contribution >= 4 is 11.6 Å². The lowest BCUT2D eigenvalue weighted by atomic mass is 9.77. The highest BCUT2D eigenvalue weighted by atomic mass is 35.5. The molecule has 1 aliphatic heterocycles. The van der Waals surface area contributed by atoms with E-state index < -0.39 is 42.5 Å². The molecule has 2 aromatic rings. The van der Waals surface area contributed by atoms with Crippen molar-refractivity contribution in [3.63, 3.8) is 0 Å². The minimum absolute atomic E-state index is 0.466. The molecule has 0 bridgehead atoms. The Balaban J connectivity index is 1.96. The first-order chi connectivity index (χ1) is 14.2. The third kappa shape index (κ3) is 4.35. The Morgan fingerprint density at radius 3 is 2.27 bits per heavy atom. The maximum atomic E-state index is 10.5. The lowest BCUT2D eigenvalue weighted by molar-refractivity contribution is -0.231. The molecule has 0 aliphatic carbocycles. The molecule has 2 aromatic carbocycles. The Hall–Kier alpha value is -1.67. The number of hydrogen-bond acceptors (Lipinski definition) is 6. The second kappa shape index (κ2) is 9.22. The Morgan fingerprint density at radius 1 is 1.00 bits per heavy atom. The Kier molecular flexibility index (Phi) is 7.07. The smallest absolute Gasteiger partial charge is 0.119 e. The average Bonchev–Trinajstić information content (AvgIpc) is 2.73. The third-order valence-electron chi connectivity index (χ3n) is 5.77. The number of halogens is 1. The molecule has 1 fully saturated rings. The van der Waals surface area contributed by atoms with Crippen LogP contribution in [0.1, 0.15) is 43.6 Å². The van der Waals surface area contributed by atoms with Gasteiger partial charge in [0.05, 0.1) is 13.2 Å². The molecule has 0 aromatic heterocycles. The molecule has 0 spiro atoms. The second-order valence-electron chi connectivity index (χ2n) is 8.07. The van der Waals surface area contributed by atoms with Crippen LogP contribution in [0.3, 0.4) is 0 Å². The van der Waals surface area contributed by atoms with Gasteiger partial charge in [-0.15, -0.1) is 0 Å². The fourth-order valence-corrected chi connectivity index (χ4v) is 4.22. The summed E-state index contributed by atoms with van der Waals surface area (Å²) < 4.78 is 11.2. The fourth-order valence-electron chi connectivity index (χ4n) is 3.87. The molecular weight excluding hydrogens is 408 g/mol. The van der Waals surface area contributed by atoms with Gasteiger partial charge in [-0.3, -0.25) is 0 Å². The molecule has 5 unspecified atom stereocenters. The van der Waals surface area contributed by atoms with Crippen LogP contribution < -0.4 is 4.74 Å². The molecule has 5 atom stereocenters. The maximum absolute atomic E-state index is 10.5. The first kappa shape index (κ1) is 23.0. The zero-order valence-electron chi connectivity index (χ0n) is 17.3. The number of benzene rings is 2. The first-order valence-electron chi connectivity index (χ1n) is 10.0. The number of ether oxygens (including phenoxy) is 2. The normalized spacial score (nSPS) is 27.1. The molecule has 0 saturated carbocycles. The van der Waals surface area contributed by atoms with Crippen LogP contribution in [0, 0.1) is 0 Å². The molecule has 4 N–H and O–H groups in total. The quantitative estimate of drug-likeness (QED) is 0.555. The summed E-state index contributed by atoms with van der Waals surface area (Å²) in [6.45, 7) is 6.14. The highest BCUT2D eigenvalue weighted by molar-refractivity contribution is 6.31. The monoisotopic (exact) mass is 436 g/mol. The number of hydrogen-bond donors (Lipinski definition) is 4. The van der Waals surface area contributed by atoms with Crippen LogP contribution in [0.25, 0.3) is 0 Å². The van der Waals surface area contributed by atoms with Gasteiger partial charge in [0.15, 0.2) is 0 Å². The number of rotatable bonds is 6. The summed E-state index contributed by atoms with van der Waals surface area (Å²) in [4.78, 5) is 0. The van der Waals surface area contributed by atoms with E-state index in [0.717, 1.165) is 16.9 Å². The van der Waals surface area contributed by atoms with E-state index in [2.05, 4.69) is 0 Å². The molecular formula is C23H29ClO6. The topological polar surface area (TPSA) is 99.4 Å². The molecule has 164 valence electrons. The Bertz CT molecular complexity index is 851. The van der Waals surface area contributed by atoms with Crippen molar-refractivity contribution in [2.24, 2.45) is 0 Å². The molecule has 3 rings (SSSR count). The van der Waals surface area contributed by atoms with Crippen molar-refractivity contribution in [2.75, 3.05) is 13.2 Å². The van der Waals surface area contributed by atoms with Gasteiger partial charge in [-0.05, 0) is 41.8 Å². The van der Waals surface area contributed by atoms with Gasteiger partial charge in [-0.1, -0.05) is 49.7 Å². The first-order valence-corrected chi connectivity index (χ1v) is 10.4. The van der Waals surface area contributed by atoms with Gasteiger partial charge in [0.1, 0.15) is 36.3 Å². The standard InChI is InChI=1S/C23H29ClO6/c1-4-29-15-8-6-14(7-9-15)23(2,3)16-11-13(5-10-17(16)24)22-21(28)20(27)19(26)18(12-25)30-22/h5-11,18-22,25-28H,4,12H2,1-3H3. The minimum atomic E-state index is -1.43. The van der Waals surface area contributed by atoms with E-state index >= 15 is 0 Å². The van der Waals surface area contributed by atoms with E-state index in [0.29, 0.717) is 17.2 Å². The van der Waals surface area contributed by atoms with Crippen LogP contribution >= 0.6 is 11.6 Å². The van der Waals surface area contributed by atoms with Crippen molar-refractivity contribution in [1.82, 2.24) is 0 Å². The van der Waals surface area contributed by atoms with Crippen LogP contribution in [-0.4, -0.2) is 58.1 Å². The van der Waals surface area contributed by atoms with Gasteiger partial charge >= 0.3 is 0 Å². The molecule has 1 heterocycles. The highest BCUT2D eigenvalue weighted by Gasteiger charge is 2.44. The second-order valence-corrected chi connectivity index (χ2v) is 8.48. The van der Waals surface area contributed by atoms with E-state index in [1.807, 2.05) is 51.1 Å². The van der Waals surface area contributed by atoms with Crippen molar-refractivity contribution in [3.8, 4) is 5.75 Å². The van der Waals surface area contributed by atoms with Gasteiger partial charge < -0.3 is 29.9 Å². The van der Waals surface area contributed by atoms with Gasteiger partial charge in [-0.25, -0.2) is 0 Å². The van der Waals surface area contributed by atoms with Crippen LogP contribution in [0.5, 0.6) is 5.75 Å². The van der Waals surface area contributed by atoms with Gasteiger partial charge in [-0.2, -0.15) is 0 Å². The zero-order valence-corrected chi connectivity index (χ0v) is 18.1. The molecule has 0 radical (unpaired) electrons. The molecule has 6 nitrogen and oxygen atoms in total. The van der Waals surface area contributed by atoms with Crippen molar-refractivity contribution < 1.29 is 29.9 Å². The summed E-state index contributed by atoms with van der Waals surface area (Å²) in [5, 5.41) is 40.7. The van der Waals surface area contributed by atoms with E-state index in [4.69, 9.17) is 21.1 Å². The molecule has 7 heteroatoms. The van der Waals surface area contributed by atoms with Crippen molar-refractivity contribution in [2.45, 2.75) is 56.7 Å². The lowest BCUT2D eigenvalue weighted by Crippen LogP contribution is -2.55. The van der Waals surface area contributed by atoms with E-state index in [1.54, 1.807) is 12.1 Å². The van der Waals surface area contributed by atoms with Crippen LogP contribution in [0.2, 0.25) is 5.02 Å². The molecule has 1 aliphatic rings. The van der Waals surface area contributed by atoms with E-state index in [9.17, 15) is 20.4 Å². The summed E-state index contributed by atoms with van der Waals surface area (Å²) in [6.07, 6.45) is -6.04. The average molecular weight is 437 g/mol. The van der Waals surface area contributed by atoms with Gasteiger partial charge in [0.2, 0.25) is 0 Å². The lowest BCUT2D eigenvalue weighted by Gasteiger charge is -2.40. The summed E-state index contributed by atoms with van der Waals surface area (Å²) >= 11 is 6.54. The number of aliphatic hydroxyl groups is 4. The summed E-state index contributed by atoms with van der Waals surface area (Å²) in [5.41, 5.74) is 1.98. The molecule has 30 heavy (non-hydrogen) atoms. The Morgan fingerprint density at radius 2 is 1.67 bits per heavy atom. The van der Waals surface area contributed by atoms with Crippen LogP contribution in [-0.2, 0) is 10.2 Å². The van der Waals surface area contributed by atoms with E-state index in [-0.39, 0.29) is 0 Å². The minimum Gasteiger partial charge on any atom is -0.494 e. The Labute approximate surface area is 181 Å². The van der Waals surface area contributed by atoms with Gasteiger partial charge in [0.25, 0.3) is 0 Å². The van der Waals surface area contributed by atoms with E-state index in [1.165, 1.54) is 0 Å². The van der Waals surface area contributed by atoms with Crippen LogP contribution in [0.4, 0.5) is 0 Å². The highest BCUT2D eigenvalue weighted by Crippen LogP contribution is 2.40. The SMILES string of the molecule is CCOc1ccc(C(C)(C)c2cc(C3OC(CO)C(O)C(O)C3O)ccc2Cl)cc1. The predicted molar refractivity (Wildman–Crippen MR) is 114 cm³/mol. The summed E-state index contributed by atoms with van der Waals surface area (Å²) in [7, 11) is 0.